The Kier molecular flexibility index (Phi) is 6.02. The van der Waals surface area contributed by atoms with E-state index in [-0.39, 0.29) is 29.2 Å². The molecule has 0 spiro atoms. The second kappa shape index (κ2) is 8.07. The number of hydrogen-bond acceptors (Lipinski definition) is 6. The van der Waals surface area contributed by atoms with E-state index in [1.54, 1.807) is 0 Å². The van der Waals surface area contributed by atoms with Gasteiger partial charge in [-0.15, -0.1) is 23.1 Å². The van der Waals surface area contributed by atoms with Crippen LogP contribution in [0.1, 0.15) is 17.7 Å². The number of H-pyrrole nitrogens is 2. The third-order valence-corrected chi connectivity index (χ3v) is 5.90. The van der Waals surface area contributed by atoms with E-state index in [1.165, 1.54) is 0 Å². The second-order valence-corrected chi connectivity index (χ2v) is 7.88. The van der Waals surface area contributed by atoms with Crippen molar-refractivity contribution in [3.8, 4) is 10.6 Å². The summed E-state index contributed by atoms with van der Waals surface area (Å²) in [4.78, 5) is 30.9. The molecule has 0 saturated carbocycles. The van der Waals surface area contributed by atoms with Crippen LogP contribution in [0.5, 0.6) is 0 Å². The first kappa shape index (κ1) is 22.4. The number of nitrogens with zero attached hydrogens (tertiary/aromatic N) is 1. The lowest BCUT2D eigenvalue weighted by molar-refractivity contribution is -0.140. The predicted molar refractivity (Wildman–Crippen MR) is 98.7 cm³/mol. The van der Waals surface area contributed by atoms with E-state index in [2.05, 4.69) is 9.97 Å². The minimum atomic E-state index is -5.03. The summed E-state index contributed by atoms with van der Waals surface area (Å²) in [7, 11) is 0. The average molecular weight is 471 g/mol. The van der Waals surface area contributed by atoms with Gasteiger partial charge in [-0.05, 0) is 12.5 Å². The van der Waals surface area contributed by atoms with Crippen molar-refractivity contribution in [3.63, 3.8) is 0 Å². The highest BCUT2D eigenvalue weighted by Gasteiger charge is 2.39. The number of halogens is 6. The van der Waals surface area contributed by atoms with Crippen molar-refractivity contribution in [2.24, 2.45) is 0 Å². The maximum absolute atomic E-state index is 13.8. The van der Waals surface area contributed by atoms with Gasteiger partial charge in [0.2, 0.25) is 0 Å². The lowest BCUT2D eigenvalue weighted by Crippen LogP contribution is -2.23. The number of rotatable bonds is 5. The van der Waals surface area contributed by atoms with E-state index < -0.39 is 50.8 Å². The summed E-state index contributed by atoms with van der Waals surface area (Å²) in [5.41, 5.74) is -5.70. The molecule has 3 N–H and O–H groups in total. The van der Waals surface area contributed by atoms with Gasteiger partial charge in [-0.1, -0.05) is 0 Å². The van der Waals surface area contributed by atoms with Crippen molar-refractivity contribution in [1.82, 2.24) is 15.0 Å². The van der Waals surface area contributed by atoms with E-state index in [4.69, 9.17) is 5.11 Å². The summed E-state index contributed by atoms with van der Waals surface area (Å²) >= 11 is 1.12. The van der Waals surface area contributed by atoms with E-state index in [0.29, 0.717) is 22.8 Å². The summed E-state index contributed by atoms with van der Waals surface area (Å²) in [6.07, 6.45) is -9.73. The average Bonchev–Trinajstić information content (AvgIpc) is 3.11. The van der Waals surface area contributed by atoms with Crippen LogP contribution >= 0.6 is 23.1 Å². The number of aromatic nitrogens is 3. The molecule has 2 aromatic heterocycles. The van der Waals surface area contributed by atoms with Crippen LogP contribution in [0.15, 0.2) is 25.9 Å². The third-order valence-electron chi connectivity index (χ3n) is 3.85. The van der Waals surface area contributed by atoms with Crippen molar-refractivity contribution in [3.05, 3.63) is 43.5 Å². The highest BCUT2D eigenvalue weighted by Crippen LogP contribution is 2.46. The van der Waals surface area contributed by atoms with Crippen LogP contribution in [0, 0.1) is 0 Å². The van der Waals surface area contributed by atoms with Gasteiger partial charge >= 0.3 is 18.0 Å². The molecule has 14 heteroatoms. The number of benzene rings is 1. The van der Waals surface area contributed by atoms with Gasteiger partial charge in [0.05, 0.1) is 16.5 Å². The van der Waals surface area contributed by atoms with Crippen LogP contribution in [0.2, 0.25) is 0 Å². The number of thioether (sulfide) groups is 1. The summed E-state index contributed by atoms with van der Waals surface area (Å²) in [6, 6.07) is 0.476. The monoisotopic (exact) mass is 471 g/mol. The van der Waals surface area contributed by atoms with Gasteiger partial charge in [0.1, 0.15) is 5.01 Å². The number of aliphatic hydroxyl groups is 1. The fourth-order valence-corrected chi connectivity index (χ4v) is 4.70. The largest absolute Gasteiger partial charge is 0.434 e. The molecule has 0 fully saturated rings. The Labute approximate surface area is 171 Å². The molecule has 0 unspecified atom stereocenters. The van der Waals surface area contributed by atoms with Crippen LogP contribution in [-0.2, 0) is 12.4 Å². The molecular weight excluding hydrogens is 460 g/mol. The molecule has 0 amide bonds. The Hall–Kier alpha value is -2.32. The van der Waals surface area contributed by atoms with E-state index in [9.17, 15) is 35.9 Å². The van der Waals surface area contributed by atoms with Gasteiger partial charge < -0.3 is 10.1 Å². The van der Waals surface area contributed by atoms with Crippen molar-refractivity contribution in [1.29, 1.82) is 0 Å². The molecule has 162 valence electrons. The number of hydrogen-bond donors (Lipinski definition) is 3. The number of aromatic amines is 2. The normalized spacial score (nSPS) is 12.6. The Morgan fingerprint density at radius 3 is 2.37 bits per heavy atom. The molecule has 0 saturated heterocycles. The minimum Gasteiger partial charge on any atom is -0.396 e. The maximum atomic E-state index is 13.8. The molecule has 0 aliphatic rings. The van der Waals surface area contributed by atoms with Crippen LogP contribution in [0.25, 0.3) is 21.5 Å². The lowest BCUT2D eigenvalue weighted by Gasteiger charge is -2.17. The van der Waals surface area contributed by atoms with Gasteiger partial charge in [-0.2, -0.15) is 26.3 Å². The van der Waals surface area contributed by atoms with E-state index in [1.807, 2.05) is 4.98 Å². The molecule has 0 atom stereocenters. The first-order valence-electron chi connectivity index (χ1n) is 8.10. The number of fused-ring (bicyclic) bond motifs is 1. The fraction of sp³-hybridized carbons (Fsp3) is 0.312. The molecule has 30 heavy (non-hydrogen) atoms. The first-order valence-corrected chi connectivity index (χ1v) is 9.97. The van der Waals surface area contributed by atoms with Gasteiger partial charge in [0.25, 0.3) is 5.56 Å². The zero-order valence-electron chi connectivity index (χ0n) is 14.6. The number of nitrogens with one attached hydrogen (secondary N) is 2. The topological polar surface area (TPSA) is 98.8 Å². The van der Waals surface area contributed by atoms with Crippen molar-refractivity contribution in [2.45, 2.75) is 23.7 Å². The van der Waals surface area contributed by atoms with Crippen LogP contribution in [0.3, 0.4) is 0 Å². The van der Waals surface area contributed by atoms with Gasteiger partial charge in [-0.3, -0.25) is 9.78 Å². The number of alkyl halides is 6. The highest BCUT2D eigenvalue weighted by atomic mass is 32.2. The van der Waals surface area contributed by atoms with Gasteiger partial charge in [0.15, 0.2) is 5.69 Å². The summed E-state index contributed by atoms with van der Waals surface area (Å²) in [5.74, 6) is 0.0756. The fourth-order valence-electron chi connectivity index (χ4n) is 2.61. The Bertz CT molecular complexity index is 1200. The molecular formula is C16H11F6N3O3S2. The highest BCUT2D eigenvalue weighted by molar-refractivity contribution is 7.99. The summed E-state index contributed by atoms with van der Waals surface area (Å²) < 4.78 is 80.3. The quantitative estimate of drug-likeness (QED) is 0.298. The molecule has 2 heterocycles. The molecule has 0 aliphatic heterocycles. The van der Waals surface area contributed by atoms with Crippen molar-refractivity contribution < 1.29 is 31.4 Å². The molecule has 0 aliphatic carbocycles. The van der Waals surface area contributed by atoms with E-state index in [0.717, 1.165) is 11.8 Å². The van der Waals surface area contributed by atoms with Crippen LogP contribution in [-0.4, -0.2) is 32.4 Å². The van der Waals surface area contributed by atoms with E-state index >= 15 is 0 Å². The summed E-state index contributed by atoms with van der Waals surface area (Å²) in [6.45, 7) is -0.286. The SMILES string of the molecule is O=c1[nH]c(=O)c2cc(C(F)(F)F)c(-c3nc(C(F)(F)F)cs3)c(SCCCO)c2[nH]1. The van der Waals surface area contributed by atoms with Crippen molar-refractivity contribution >= 4 is 34.0 Å². The first-order chi connectivity index (χ1) is 13.9. The standard InChI is InChI=1S/C16H11F6N3O3S2/c17-15(18,19)7-4-6-10(24-14(28)25-12(6)27)11(29-3-1-2-26)9(7)13-23-8(5-30-13)16(20,21)22/h4-5,26H,1-3H2,(H2,24,25,27,28). The van der Waals surface area contributed by atoms with Crippen LogP contribution < -0.4 is 11.2 Å². The van der Waals surface area contributed by atoms with Crippen LogP contribution in [0.4, 0.5) is 26.3 Å². The third kappa shape index (κ3) is 4.39. The van der Waals surface area contributed by atoms with Gasteiger partial charge in [0, 0.05) is 28.2 Å². The zero-order valence-corrected chi connectivity index (χ0v) is 16.2. The Morgan fingerprint density at radius 1 is 1.10 bits per heavy atom. The zero-order chi connectivity index (χ0) is 22.3. The Morgan fingerprint density at radius 2 is 1.80 bits per heavy atom. The minimum absolute atomic E-state index is 0.0756. The molecule has 0 radical (unpaired) electrons. The molecule has 0 bridgehead atoms. The molecule has 3 aromatic rings. The second-order valence-electron chi connectivity index (χ2n) is 5.92. The van der Waals surface area contributed by atoms with Crippen molar-refractivity contribution in [2.75, 3.05) is 12.4 Å². The molecule has 3 rings (SSSR count). The smallest absolute Gasteiger partial charge is 0.396 e. The number of aliphatic hydroxyl groups excluding tert-OH is 1. The summed E-state index contributed by atoms with van der Waals surface area (Å²) in [5, 5.41) is 8.51. The Balaban J connectivity index is 2.42. The number of thiazole rings is 1. The maximum Gasteiger partial charge on any atom is 0.434 e. The molecule has 6 nitrogen and oxygen atoms in total. The lowest BCUT2D eigenvalue weighted by atomic mass is 10.0. The van der Waals surface area contributed by atoms with Gasteiger partial charge in [-0.25, -0.2) is 9.78 Å². The molecule has 1 aromatic carbocycles. The predicted octanol–water partition coefficient (Wildman–Crippen LogP) is 3.85.